The third-order valence-corrected chi connectivity index (χ3v) is 4.69. The van der Waals surface area contributed by atoms with Crippen LogP contribution in [-0.2, 0) is 9.53 Å². The van der Waals surface area contributed by atoms with Gasteiger partial charge in [-0.2, -0.15) is 0 Å². The van der Waals surface area contributed by atoms with E-state index in [1.54, 1.807) is 31.0 Å². The maximum Gasteiger partial charge on any atom is 0.224 e. The number of aromatic hydroxyl groups is 1. The molecule has 3 N–H and O–H groups in total. The highest BCUT2D eigenvalue weighted by molar-refractivity contribution is 5.76. The lowest BCUT2D eigenvalue weighted by Crippen LogP contribution is -2.36. The van der Waals surface area contributed by atoms with E-state index in [0.717, 1.165) is 5.56 Å². The van der Waals surface area contributed by atoms with E-state index < -0.39 is 11.9 Å². The van der Waals surface area contributed by atoms with E-state index in [9.17, 15) is 20.1 Å². The van der Waals surface area contributed by atoms with Gasteiger partial charge in [0.1, 0.15) is 0 Å². The van der Waals surface area contributed by atoms with E-state index in [1.807, 2.05) is 13.0 Å². The molecule has 7 heteroatoms. The third-order valence-electron chi connectivity index (χ3n) is 4.69. The fourth-order valence-corrected chi connectivity index (χ4v) is 2.82. The molecule has 0 aliphatic heterocycles. The Morgan fingerprint density at radius 1 is 1.30 bits per heavy atom. The molecular weight excluding hydrogens is 350 g/mol. The average Bonchev–Trinajstić information content (AvgIpc) is 2.57. The van der Waals surface area contributed by atoms with E-state index in [0.29, 0.717) is 12.3 Å². The zero-order valence-electron chi connectivity index (χ0n) is 17.1. The molecule has 0 aliphatic rings. The van der Waals surface area contributed by atoms with Crippen LogP contribution in [0.25, 0.3) is 0 Å². The van der Waals surface area contributed by atoms with E-state index in [2.05, 4.69) is 0 Å². The lowest BCUT2D eigenvalue weighted by Gasteiger charge is -2.31. The topological polar surface area (TPSA) is 99.5 Å². The molecule has 0 saturated heterocycles. The van der Waals surface area contributed by atoms with Gasteiger partial charge in [-0.15, -0.1) is 0 Å². The number of rotatable bonds is 10. The van der Waals surface area contributed by atoms with Crippen LogP contribution in [0.5, 0.6) is 11.5 Å². The van der Waals surface area contributed by atoms with Crippen LogP contribution in [-0.4, -0.2) is 65.3 Å². The third kappa shape index (κ3) is 7.36. The first kappa shape index (κ1) is 23.2. The van der Waals surface area contributed by atoms with Gasteiger partial charge in [0.25, 0.3) is 0 Å². The second-order valence-electron chi connectivity index (χ2n) is 7.46. The molecule has 27 heavy (non-hydrogen) atoms. The number of aliphatic hydroxyl groups is 2. The van der Waals surface area contributed by atoms with Crippen LogP contribution in [0.3, 0.4) is 0 Å². The Morgan fingerprint density at radius 2 is 1.93 bits per heavy atom. The van der Waals surface area contributed by atoms with Gasteiger partial charge in [0.05, 0.1) is 26.2 Å². The van der Waals surface area contributed by atoms with Crippen molar-refractivity contribution in [2.75, 3.05) is 27.3 Å². The summed E-state index contributed by atoms with van der Waals surface area (Å²) in [5.41, 5.74) is 0.814. The van der Waals surface area contributed by atoms with Crippen molar-refractivity contribution in [3.63, 3.8) is 0 Å². The van der Waals surface area contributed by atoms with Crippen LogP contribution >= 0.6 is 0 Å². The number of likely N-dealkylation sites (N-methyl/N-ethyl adjacent to an activating group) is 1. The molecule has 154 valence electrons. The Hall–Kier alpha value is -1.83. The lowest BCUT2D eigenvalue weighted by molar-refractivity contribution is -0.178. The highest BCUT2D eigenvalue weighted by atomic mass is 16.6. The number of phenols is 1. The summed E-state index contributed by atoms with van der Waals surface area (Å²) in [5, 5.41) is 29.7. The first-order chi connectivity index (χ1) is 12.5. The van der Waals surface area contributed by atoms with Gasteiger partial charge in [-0.3, -0.25) is 4.79 Å². The van der Waals surface area contributed by atoms with E-state index in [1.165, 1.54) is 21.0 Å². The molecule has 3 atom stereocenters. The van der Waals surface area contributed by atoms with Crippen molar-refractivity contribution in [2.24, 2.45) is 5.92 Å². The number of phenolic OH excluding ortho intramolecular Hbond substituents is 1. The molecule has 3 unspecified atom stereocenters. The standard InChI is InChI=1S/C20H33NO6/c1-13(14(2)22)16(15-7-8-18(26-6)17(23)11-15)12-21(5)19(24)9-10-27-20(3,4)25/h7-8,11,13-14,16,22-23,25H,9-10,12H2,1-6H3. The smallest absolute Gasteiger partial charge is 0.224 e. The van der Waals surface area contributed by atoms with Crippen LogP contribution in [0.2, 0.25) is 0 Å². The van der Waals surface area contributed by atoms with Gasteiger partial charge in [0.15, 0.2) is 17.3 Å². The number of benzene rings is 1. The summed E-state index contributed by atoms with van der Waals surface area (Å²) < 4.78 is 10.3. The minimum Gasteiger partial charge on any atom is -0.504 e. The van der Waals surface area contributed by atoms with Crippen molar-refractivity contribution in [1.29, 1.82) is 0 Å². The summed E-state index contributed by atoms with van der Waals surface area (Å²) in [6.45, 7) is 7.13. The highest BCUT2D eigenvalue weighted by Gasteiger charge is 2.27. The number of hydrogen-bond acceptors (Lipinski definition) is 6. The van der Waals surface area contributed by atoms with Crippen LogP contribution < -0.4 is 4.74 Å². The Balaban J connectivity index is 2.89. The highest BCUT2D eigenvalue weighted by Crippen LogP contribution is 2.34. The summed E-state index contributed by atoms with van der Waals surface area (Å²) >= 11 is 0. The molecule has 1 aromatic rings. The molecule has 0 spiro atoms. The quantitative estimate of drug-likeness (QED) is 0.535. The van der Waals surface area contributed by atoms with Gasteiger partial charge in [-0.05, 0) is 44.4 Å². The molecule has 7 nitrogen and oxygen atoms in total. The van der Waals surface area contributed by atoms with E-state index >= 15 is 0 Å². The van der Waals surface area contributed by atoms with Crippen LogP contribution in [0.4, 0.5) is 0 Å². The molecule has 1 rings (SSSR count). The van der Waals surface area contributed by atoms with Crippen LogP contribution in [0, 0.1) is 5.92 Å². The van der Waals surface area contributed by atoms with Crippen LogP contribution in [0.1, 0.15) is 45.6 Å². The van der Waals surface area contributed by atoms with Crippen molar-refractivity contribution in [2.45, 2.75) is 51.9 Å². The average molecular weight is 383 g/mol. The van der Waals surface area contributed by atoms with Crippen molar-refractivity contribution >= 4 is 5.91 Å². The van der Waals surface area contributed by atoms with Gasteiger partial charge in [-0.25, -0.2) is 0 Å². The molecule has 0 bridgehead atoms. The summed E-state index contributed by atoms with van der Waals surface area (Å²) in [6, 6.07) is 5.11. The Morgan fingerprint density at radius 3 is 2.41 bits per heavy atom. The largest absolute Gasteiger partial charge is 0.504 e. The fraction of sp³-hybridized carbons (Fsp3) is 0.650. The Labute approximate surface area is 161 Å². The normalized spacial score (nSPS) is 15.1. The molecule has 0 radical (unpaired) electrons. The maximum absolute atomic E-state index is 12.4. The predicted molar refractivity (Wildman–Crippen MR) is 103 cm³/mol. The van der Waals surface area contributed by atoms with Gasteiger partial charge in [0, 0.05) is 19.5 Å². The molecule has 1 amide bonds. The van der Waals surface area contributed by atoms with E-state index in [4.69, 9.17) is 9.47 Å². The Kier molecular flexibility index (Phi) is 8.53. The zero-order valence-corrected chi connectivity index (χ0v) is 17.1. The molecule has 0 fully saturated rings. The predicted octanol–water partition coefficient (Wildman–Crippen LogP) is 2.09. The number of amides is 1. The Bertz CT molecular complexity index is 611. The number of hydrogen-bond donors (Lipinski definition) is 3. The van der Waals surface area contributed by atoms with Crippen molar-refractivity contribution in [3.8, 4) is 11.5 Å². The van der Waals surface area contributed by atoms with Crippen LogP contribution in [0.15, 0.2) is 18.2 Å². The minimum absolute atomic E-state index is 0.0188. The summed E-state index contributed by atoms with van der Waals surface area (Å²) in [4.78, 5) is 14.0. The van der Waals surface area contributed by atoms with Gasteiger partial charge in [0.2, 0.25) is 5.91 Å². The summed E-state index contributed by atoms with van der Waals surface area (Å²) in [6.07, 6.45) is -0.439. The van der Waals surface area contributed by atoms with Crippen molar-refractivity contribution < 1.29 is 29.6 Å². The summed E-state index contributed by atoms with van der Waals surface area (Å²) in [5.74, 6) is -1.32. The summed E-state index contributed by atoms with van der Waals surface area (Å²) in [7, 11) is 3.17. The SMILES string of the molecule is COc1ccc(C(CN(C)C(=O)CCOC(C)(C)O)C(C)C(C)O)cc1O. The number of carbonyl (C=O) groups excluding carboxylic acids is 1. The maximum atomic E-state index is 12.4. The second-order valence-corrected chi connectivity index (χ2v) is 7.46. The van der Waals surface area contributed by atoms with E-state index in [-0.39, 0.29) is 36.5 Å². The number of nitrogens with zero attached hydrogens (tertiary/aromatic N) is 1. The lowest BCUT2D eigenvalue weighted by atomic mass is 9.83. The van der Waals surface area contributed by atoms with Gasteiger partial charge >= 0.3 is 0 Å². The monoisotopic (exact) mass is 383 g/mol. The number of aliphatic hydroxyl groups excluding tert-OH is 1. The van der Waals surface area contributed by atoms with Gasteiger partial charge < -0.3 is 29.7 Å². The molecule has 0 heterocycles. The molecular formula is C20H33NO6. The first-order valence-electron chi connectivity index (χ1n) is 9.11. The molecule has 1 aromatic carbocycles. The molecule has 0 saturated carbocycles. The molecule has 0 aliphatic carbocycles. The molecule has 0 aromatic heterocycles. The number of methoxy groups -OCH3 is 1. The van der Waals surface area contributed by atoms with Gasteiger partial charge in [-0.1, -0.05) is 13.0 Å². The number of carbonyl (C=O) groups is 1. The fourth-order valence-electron chi connectivity index (χ4n) is 2.82. The zero-order chi connectivity index (χ0) is 20.8. The minimum atomic E-state index is -1.27. The number of ether oxygens (including phenoxy) is 2. The van der Waals surface area contributed by atoms with Crippen molar-refractivity contribution in [3.05, 3.63) is 23.8 Å². The van der Waals surface area contributed by atoms with Crippen molar-refractivity contribution in [1.82, 2.24) is 4.90 Å². The second kappa shape index (κ2) is 9.92. The first-order valence-corrected chi connectivity index (χ1v) is 9.11.